The highest BCUT2D eigenvalue weighted by atomic mass is 16.5. The van der Waals surface area contributed by atoms with Crippen molar-refractivity contribution >= 4 is 18.0 Å². The summed E-state index contributed by atoms with van der Waals surface area (Å²) in [5.74, 6) is -1.07. The summed E-state index contributed by atoms with van der Waals surface area (Å²) in [6, 6.07) is 18.6. The number of amides is 1. The Kier molecular flexibility index (Phi) is 6.12. The van der Waals surface area contributed by atoms with Crippen LogP contribution in [0.4, 0.5) is 0 Å². The van der Waals surface area contributed by atoms with Crippen LogP contribution in [0.3, 0.4) is 0 Å². The largest absolute Gasteiger partial charge is 0.467 e. The van der Waals surface area contributed by atoms with Crippen molar-refractivity contribution in [2.24, 2.45) is 5.92 Å². The third-order valence-corrected chi connectivity index (χ3v) is 4.31. The number of carbonyl (C=O) groups excluding carboxylic acids is 2. The first-order chi connectivity index (χ1) is 12.0. The van der Waals surface area contributed by atoms with Gasteiger partial charge in [-0.05, 0) is 24.6 Å². The highest BCUT2D eigenvalue weighted by molar-refractivity contribution is 5.98. The van der Waals surface area contributed by atoms with Gasteiger partial charge in [-0.2, -0.15) is 0 Å². The quantitative estimate of drug-likeness (QED) is 0.818. The van der Waals surface area contributed by atoms with E-state index < -0.39 is 11.5 Å². The molecule has 0 unspecified atom stereocenters. The minimum atomic E-state index is -1.17. The third kappa shape index (κ3) is 4.57. The predicted octanol–water partition coefficient (Wildman–Crippen LogP) is 3.70. The van der Waals surface area contributed by atoms with Crippen LogP contribution >= 0.6 is 0 Å². The summed E-state index contributed by atoms with van der Waals surface area (Å²) in [6.07, 6.45) is 3.83. The zero-order valence-corrected chi connectivity index (χ0v) is 14.7. The van der Waals surface area contributed by atoms with Gasteiger partial charge in [0, 0.05) is 11.5 Å². The van der Waals surface area contributed by atoms with Crippen molar-refractivity contribution in [2.75, 3.05) is 7.11 Å². The standard InChI is InChI=1S/C21H23NO3/c1-16(14-15-17-10-6-4-7-11-17)21(2,20(24)25-3)22-19(23)18-12-8-5-9-13-18/h4-16H,1-3H3,(H,22,23)/b15-14+/t16-,21-/m1/s1. The van der Waals surface area contributed by atoms with Gasteiger partial charge in [-0.3, -0.25) is 4.79 Å². The Morgan fingerprint density at radius 3 is 2.16 bits per heavy atom. The van der Waals surface area contributed by atoms with Crippen molar-refractivity contribution in [1.82, 2.24) is 5.32 Å². The van der Waals surface area contributed by atoms with Gasteiger partial charge < -0.3 is 10.1 Å². The monoisotopic (exact) mass is 337 g/mol. The van der Waals surface area contributed by atoms with E-state index in [-0.39, 0.29) is 11.8 Å². The van der Waals surface area contributed by atoms with Gasteiger partial charge in [-0.15, -0.1) is 0 Å². The van der Waals surface area contributed by atoms with Crippen LogP contribution in [0.2, 0.25) is 0 Å². The Labute approximate surface area is 148 Å². The molecule has 0 saturated carbocycles. The zero-order valence-electron chi connectivity index (χ0n) is 14.7. The van der Waals surface area contributed by atoms with Crippen molar-refractivity contribution in [3.05, 3.63) is 77.9 Å². The van der Waals surface area contributed by atoms with Crippen LogP contribution in [0, 0.1) is 5.92 Å². The maximum absolute atomic E-state index is 12.5. The molecule has 1 amide bonds. The number of benzene rings is 2. The van der Waals surface area contributed by atoms with E-state index in [0.29, 0.717) is 5.56 Å². The average Bonchev–Trinajstić information content (AvgIpc) is 2.66. The number of esters is 1. The second kappa shape index (κ2) is 8.29. The van der Waals surface area contributed by atoms with E-state index in [2.05, 4.69) is 5.32 Å². The Bertz CT molecular complexity index is 740. The Hall–Kier alpha value is -2.88. The van der Waals surface area contributed by atoms with E-state index in [4.69, 9.17) is 4.74 Å². The van der Waals surface area contributed by atoms with Crippen LogP contribution in [0.5, 0.6) is 0 Å². The molecule has 0 fully saturated rings. The lowest BCUT2D eigenvalue weighted by Gasteiger charge is -2.32. The summed E-state index contributed by atoms with van der Waals surface area (Å²) in [6.45, 7) is 3.56. The van der Waals surface area contributed by atoms with Crippen molar-refractivity contribution in [3.8, 4) is 0 Å². The van der Waals surface area contributed by atoms with E-state index in [1.54, 1.807) is 31.2 Å². The van der Waals surface area contributed by atoms with Crippen molar-refractivity contribution < 1.29 is 14.3 Å². The SMILES string of the molecule is COC(=O)[C@](C)(NC(=O)c1ccccc1)[C@H](C)/C=C/c1ccccc1. The normalized spacial score (nSPS) is 14.5. The van der Waals surface area contributed by atoms with Crippen molar-refractivity contribution in [3.63, 3.8) is 0 Å². The van der Waals surface area contributed by atoms with Gasteiger partial charge >= 0.3 is 5.97 Å². The van der Waals surface area contributed by atoms with Gasteiger partial charge in [0.15, 0.2) is 0 Å². The number of nitrogens with one attached hydrogen (secondary N) is 1. The first kappa shape index (κ1) is 18.5. The summed E-state index contributed by atoms with van der Waals surface area (Å²) in [5, 5.41) is 2.83. The lowest BCUT2D eigenvalue weighted by molar-refractivity contribution is -0.148. The lowest BCUT2D eigenvalue weighted by Crippen LogP contribution is -2.56. The van der Waals surface area contributed by atoms with Crippen molar-refractivity contribution in [2.45, 2.75) is 19.4 Å². The fraction of sp³-hybridized carbons (Fsp3) is 0.238. The molecule has 4 heteroatoms. The summed E-state index contributed by atoms with van der Waals surface area (Å²) in [4.78, 5) is 24.9. The fourth-order valence-electron chi connectivity index (χ4n) is 2.47. The van der Waals surface area contributed by atoms with E-state index in [9.17, 15) is 9.59 Å². The summed E-state index contributed by atoms with van der Waals surface area (Å²) < 4.78 is 4.94. The number of ether oxygens (including phenoxy) is 1. The number of hydrogen-bond acceptors (Lipinski definition) is 3. The summed E-state index contributed by atoms with van der Waals surface area (Å²) in [5.41, 5.74) is 0.347. The minimum Gasteiger partial charge on any atom is -0.467 e. The molecule has 1 N–H and O–H groups in total. The highest BCUT2D eigenvalue weighted by Gasteiger charge is 2.40. The van der Waals surface area contributed by atoms with Crippen LogP contribution in [0.1, 0.15) is 29.8 Å². The summed E-state index contributed by atoms with van der Waals surface area (Å²) >= 11 is 0. The topological polar surface area (TPSA) is 55.4 Å². The molecule has 2 atom stereocenters. The average molecular weight is 337 g/mol. The first-order valence-corrected chi connectivity index (χ1v) is 8.16. The number of methoxy groups -OCH3 is 1. The Morgan fingerprint density at radius 2 is 1.60 bits per heavy atom. The fourth-order valence-corrected chi connectivity index (χ4v) is 2.47. The van der Waals surface area contributed by atoms with Crippen LogP contribution < -0.4 is 5.32 Å². The molecule has 0 aromatic heterocycles. The van der Waals surface area contributed by atoms with Gasteiger partial charge in [-0.25, -0.2) is 4.79 Å². The molecule has 0 bridgehead atoms. The first-order valence-electron chi connectivity index (χ1n) is 8.16. The van der Waals surface area contributed by atoms with Gasteiger partial charge in [0.25, 0.3) is 5.91 Å². The maximum atomic E-state index is 12.5. The number of hydrogen-bond donors (Lipinski definition) is 1. The van der Waals surface area contributed by atoms with Crippen LogP contribution in [-0.4, -0.2) is 24.5 Å². The lowest BCUT2D eigenvalue weighted by atomic mass is 9.85. The zero-order chi connectivity index (χ0) is 18.3. The number of carbonyl (C=O) groups is 2. The molecule has 2 aromatic rings. The molecular weight excluding hydrogens is 314 g/mol. The Morgan fingerprint density at radius 1 is 1.04 bits per heavy atom. The molecule has 4 nitrogen and oxygen atoms in total. The predicted molar refractivity (Wildman–Crippen MR) is 99.0 cm³/mol. The van der Waals surface area contributed by atoms with Crippen LogP contribution in [-0.2, 0) is 9.53 Å². The smallest absolute Gasteiger partial charge is 0.331 e. The second-order valence-electron chi connectivity index (χ2n) is 6.07. The molecule has 2 rings (SSSR count). The van der Waals surface area contributed by atoms with Crippen LogP contribution in [0.25, 0.3) is 6.08 Å². The van der Waals surface area contributed by atoms with Gasteiger partial charge in [0.2, 0.25) is 0 Å². The molecular formula is C21H23NO3. The molecule has 0 aliphatic rings. The van der Waals surface area contributed by atoms with Gasteiger partial charge in [-0.1, -0.05) is 67.6 Å². The molecule has 0 aliphatic carbocycles. The molecule has 0 spiro atoms. The van der Waals surface area contributed by atoms with E-state index in [0.717, 1.165) is 5.56 Å². The molecule has 0 aliphatic heterocycles. The van der Waals surface area contributed by atoms with E-state index in [1.165, 1.54) is 7.11 Å². The highest BCUT2D eigenvalue weighted by Crippen LogP contribution is 2.22. The molecule has 0 heterocycles. The molecule has 130 valence electrons. The van der Waals surface area contributed by atoms with Crippen LogP contribution in [0.15, 0.2) is 66.7 Å². The maximum Gasteiger partial charge on any atom is 0.331 e. The molecule has 25 heavy (non-hydrogen) atoms. The third-order valence-electron chi connectivity index (χ3n) is 4.31. The Balaban J connectivity index is 2.23. The second-order valence-corrected chi connectivity index (χ2v) is 6.07. The molecule has 0 radical (unpaired) electrons. The van der Waals surface area contributed by atoms with Crippen molar-refractivity contribution in [1.29, 1.82) is 0 Å². The number of rotatable bonds is 6. The van der Waals surface area contributed by atoms with E-state index in [1.807, 2.05) is 55.5 Å². The van der Waals surface area contributed by atoms with E-state index >= 15 is 0 Å². The summed E-state index contributed by atoms with van der Waals surface area (Å²) in [7, 11) is 1.32. The molecule has 0 saturated heterocycles. The van der Waals surface area contributed by atoms with Gasteiger partial charge in [0.05, 0.1) is 7.11 Å². The molecule has 2 aromatic carbocycles. The minimum absolute atomic E-state index is 0.271. The van der Waals surface area contributed by atoms with Gasteiger partial charge in [0.1, 0.15) is 5.54 Å².